The number of aliphatic carboxylic acids is 2. The third-order valence-corrected chi connectivity index (χ3v) is 2.32. The standard InChI is InChI=1S/C8H13NO4/c10-7(11)3-5-1-2-9-6(5)4-8(12)13/h5-6,9H,1-4H2,(H,10,11)(H,12,13). The van der Waals surface area contributed by atoms with Gasteiger partial charge < -0.3 is 15.5 Å². The van der Waals surface area contributed by atoms with Crippen LogP contribution in [0.15, 0.2) is 0 Å². The summed E-state index contributed by atoms with van der Waals surface area (Å²) in [5, 5.41) is 20.1. The predicted octanol–water partition coefficient (Wildman–Crippen LogP) is -0.0861. The fourth-order valence-corrected chi connectivity index (χ4v) is 1.72. The van der Waals surface area contributed by atoms with Crippen molar-refractivity contribution in [1.29, 1.82) is 0 Å². The van der Waals surface area contributed by atoms with Gasteiger partial charge in [-0.25, -0.2) is 0 Å². The van der Waals surface area contributed by atoms with Gasteiger partial charge in [0, 0.05) is 12.5 Å². The van der Waals surface area contributed by atoms with Gasteiger partial charge in [0.2, 0.25) is 0 Å². The van der Waals surface area contributed by atoms with Crippen LogP contribution < -0.4 is 5.32 Å². The molecule has 2 unspecified atom stereocenters. The summed E-state index contributed by atoms with van der Waals surface area (Å²) in [7, 11) is 0. The number of rotatable bonds is 4. The second-order valence-corrected chi connectivity index (χ2v) is 3.31. The molecule has 0 aromatic rings. The highest BCUT2D eigenvalue weighted by Gasteiger charge is 2.29. The van der Waals surface area contributed by atoms with Crippen molar-refractivity contribution in [1.82, 2.24) is 5.32 Å². The largest absolute Gasteiger partial charge is 0.481 e. The van der Waals surface area contributed by atoms with Crippen molar-refractivity contribution in [3.8, 4) is 0 Å². The molecular formula is C8H13NO4. The Balaban J connectivity index is 2.43. The van der Waals surface area contributed by atoms with Gasteiger partial charge in [0.25, 0.3) is 0 Å². The monoisotopic (exact) mass is 187 g/mol. The lowest BCUT2D eigenvalue weighted by Gasteiger charge is -2.15. The van der Waals surface area contributed by atoms with E-state index < -0.39 is 11.9 Å². The first-order chi connectivity index (χ1) is 6.09. The Kier molecular flexibility index (Phi) is 3.25. The highest BCUT2D eigenvalue weighted by molar-refractivity contribution is 5.69. The summed E-state index contributed by atoms with van der Waals surface area (Å²) in [5.74, 6) is -1.77. The van der Waals surface area contributed by atoms with Gasteiger partial charge in [0.15, 0.2) is 0 Å². The van der Waals surface area contributed by atoms with E-state index in [2.05, 4.69) is 5.32 Å². The molecule has 0 aliphatic carbocycles. The van der Waals surface area contributed by atoms with E-state index in [4.69, 9.17) is 10.2 Å². The minimum Gasteiger partial charge on any atom is -0.481 e. The first-order valence-electron chi connectivity index (χ1n) is 4.26. The minimum absolute atomic E-state index is 0.0119. The fourth-order valence-electron chi connectivity index (χ4n) is 1.72. The van der Waals surface area contributed by atoms with Crippen molar-refractivity contribution < 1.29 is 19.8 Å². The Morgan fingerprint density at radius 3 is 2.38 bits per heavy atom. The summed E-state index contributed by atoms with van der Waals surface area (Å²) >= 11 is 0. The van der Waals surface area contributed by atoms with Crippen molar-refractivity contribution in [3.05, 3.63) is 0 Å². The zero-order valence-corrected chi connectivity index (χ0v) is 7.19. The Bertz CT molecular complexity index is 194. The van der Waals surface area contributed by atoms with Gasteiger partial charge in [-0.3, -0.25) is 9.59 Å². The first-order valence-corrected chi connectivity index (χ1v) is 4.26. The van der Waals surface area contributed by atoms with Crippen LogP contribution in [0.5, 0.6) is 0 Å². The van der Waals surface area contributed by atoms with Crippen molar-refractivity contribution in [2.24, 2.45) is 5.92 Å². The molecule has 2 atom stereocenters. The maximum atomic E-state index is 10.4. The Morgan fingerprint density at radius 1 is 1.23 bits per heavy atom. The molecule has 0 bridgehead atoms. The number of hydrogen-bond donors (Lipinski definition) is 3. The number of nitrogens with one attached hydrogen (secondary N) is 1. The van der Waals surface area contributed by atoms with Gasteiger partial charge >= 0.3 is 11.9 Å². The second-order valence-electron chi connectivity index (χ2n) is 3.31. The third kappa shape index (κ3) is 3.02. The molecule has 0 aromatic heterocycles. The van der Waals surface area contributed by atoms with Crippen molar-refractivity contribution >= 4 is 11.9 Å². The molecule has 5 nitrogen and oxygen atoms in total. The molecule has 0 radical (unpaired) electrons. The van der Waals surface area contributed by atoms with Gasteiger partial charge in [0.1, 0.15) is 0 Å². The summed E-state index contributed by atoms with van der Waals surface area (Å²) in [6.45, 7) is 0.718. The summed E-state index contributed by atoms with van der Waals surface area (Å²) in [6.07, 6.45) is 0.827. The Labute approximate surface area is 75.7 Å². The van der Waals surface area contributed by atoms with E-state index in [0.717, 1.165) is 13.0 Å². The highest BCUT2D eigenvalue weighted by atomic mass is 16.4. The van der Waals surface area contributed by atoms with Gasteiger partial charge in [-0.2, -0.15) is 0 Å². The van der Waals surface area contributed by atoms with E-state index in [9.17, 15) is 9.59 Å². The fraction of sp³-hybridized carbons (Fsp3) is 0.750. The average molecular weight is 187 g/mol. The van der Waals surface area contributed by atoms with Crippen LogP contribution >= 0.6 is 0 Å². The lowest BCUT2D eigenvalue weighted by molar-refractivity contribution is -0.140. The van der Waals surface area contributed by atoms with Crippen LogP contribution in [0.1, 0.15) is 19.3 Å². The lowest BCUT2D eigenvalue weighted by atomic mass is 9.95. The van der Waals surface area contributed by atoms with Crippen LogP contribution in [0, 0.1) is 5.92 Å². The quantitative estimate of drug-likeness (QED) is 0.572. The number of carbonyl (C=O) groups is 2. The smallest absolute Gasteiger partial charge is 0.304 e. The maximum Gasteiger partial charge on any atom is 0.304 e. The first kappa shape index (κ1) is 9.98. The number of carboxylic acid groups (broad SMARTS) is 2. The molecule has 13 heavy (non-hydrogen) atoms. The Hall–Kier alpha value is -1.10. The third-order valence-electron chi connectivity index (χ3n) is 2.32. The lowest BCUT2D eigenvalue weighted by Crippen LogP contribution is -2.30. The van der Waals surface area contributed by atoms with Crippen molar-refractivity contribution in [3.63, 3.8) is 0 Å². The number of hydrogen-bond acceptors (Lipinski definition) is 3. The van der Waals surface area contributed by atoms with Crippen LogP contribution in [0.4, 0.5) is 0 Å². The van der Waals surface area contributed by atoms with Crippen molar-refractivity contribution in [2.75, 3.05) is 6.54 Å². The van der Waals surface area contributed by atoms with E-state index in [-0.39, 0.29) is 24.8 Å². The molecule has 5 heteroatoms. The van der Waals surface area contributed by atoms with Crippen molar-refractivity contribution in [2.45, 2.75) is 25.3 Å². The zero-order valence-electron chi connectivity index (χ0n) is 7.19. The van der Waals surface area contributed by atoms with Crippen LogP contribution in [-0.4, -0.2) is 34.7 Å². The molecule has 1 saturated heterocycles. The van der Waals surface area contributed by atoms with Gasteiger partial charge in [0.05, 0.1) is 6.42 Å². The summed E-state index contributed by atoms with van der Waals surface area (Å²) in [5.41, 5.74) is 0. The molecule has 1 rings (SSSR count). The predicted molar refractivity (Wildman–Crippen MR) is 44.4 cm³/mol. The van der Waals surface area contributed by atoms with Gasteiger partial charge in [-0.15, -0.1) is 0 Å². The van der Waals surface area contributed by atoms with Crippen LogP contribution in [0.25, 0.3) is 0 Å². The normalized spacial score (nSPS) is 27.4. The van der Waals surface area contributed by atoms with Crippen LogP contribution in [-0.2, 0) is 9.59 Å². The molecule has 1 heterocycles. The summed E-state index contributed by atoms with van der Waals surface area (Å²) < 4.78 is 0. The van der Waals surface area contributed by atoms with E-state index in [0.29, 0.717) is 0 Å². The average Bonchev–Trinajstić information content (AvgIpc) is 2.34. The Morgan fingerprint density at radius 2 is 1.85 bits per heavy atom. The SMILES string of the molecule is O=C(O)CC1CCNC1CC(=O)O. The molecule has 1 aliphatic rings. The molecule has 3 N–H and O–H groups in total. The van der Waals surface area contributed by atoms with E-state index in [1.165, 1.54) is 0 Å². The molecule has 0 saturated carbocycles. The van der Waals surface area contributed by atoms with Crippen LogP contribution in [0.3, 0.4) is 0 Å². The van der Waals surface area contributed by atoms with E-state index in [1.807, 2.05) is 0 Å². The summed E-state index contributed by atoms with van der Waals surface area (Å²) in [4.78, 5) is 20.8. The molecular weight excluding hydrogens is 174 g/mol. The molecule has 0 spiro atoms. The summed E-state index contributed by atoms with van der Waals surface area (Å²) in [6, 6.07) is -0.173. The number of carboxylic acids is 2. The van der Waals surface area contributed by atoms with Gasteiger partial charge in [-0.1, -0.05) is 0 Å². The van der Waals surface area contributed by atoms with E-state index in [1.54, 1.807) is 0 Å². The zero-order chi connectivity index (χ0) is 9.84. The van der Waals surface area contributed by atoms with E-state index >= 15 is 0 Å². The van der Waals surface area contributed by atoms with Crippen LogP contribution in [0.2, 0.25) is 0 Å². The van der Waals surface area contributed by atoms with Gasteiger partial charge in [-0.05, 0) is 18.9 Å². The highest BCUT2D eigenvalue weighted by Crippen LogP contribution is 2.21. The molecule has 1 fully saturated rings. The molecule has 1 aliphatic heterocycles. The second kappa shape index (κ2) is 4.23. The molecule has 0 aromatic carbocycles. The molecule has 74 valence electrons. The maximum absolute atomic E-state index is 10.4. The topological polar surface area (TPSA) is 86.6 Å². The minimum atomic E-state index is -0.880. The molecule has 0 amide bonds.